The third-order valence-corrected chi connectivity index (χ3v) is 5.84. The summed E-state index contributed by atoms with van der Waals surface area (Å²) >= 11 is 0. The summed E-state index contributed by atoms with van der Waals surface area (Å²) in [6, 6.07) is 12.4. The van der Waals surface area contributed by atoms with Gasteiger partial charge in [-0.15, -0.1) is 0 Å². The molecule has 0 saturated carbocycles. The van der Waals surface area contributed by atoms with Crippen LogP contribution >= 0.6 is 0 Å². The number of hydrogen-bond donors (Lipinski definition) is 3. The standard InChI is InChI=1S/C24H27N7/c1-16-2-5-20(13-26-12-16)29-24-30-22-15-27-14-21(22)23(31-24)28-19-6-3-17(4-7-19)18-8-10-25-11-9-18/h3-4,6-11,16,26-27H,2,5,12-15H2,1H3,(H,28,30,31). The number of fused-ring (bicyclic) bond motifs is 1. The van der Waals surface area contributed by atoms with E-state index in [1.807, 2.05) is 24.5 Å². The molecule has 0 aliphatic carbocycles. The molecular weight excluding hydrogens is 386 g/mol. The minimum absolute atomic E-state index is 0.546. The second-order valence-corrected chi connectivity index (χ2v) is 8.29. The molecule has 4 heterocycles. The van der Waals surface area contributed by atoms with E-state index in [4.69, 9.17) is 15.0 Å². The summed E-state index contributed by atoms with van der Waals surface area (Å²) in [7, 11) is 0. The third kappa shape index (κ3) is 4.62. The number of rotatable bonds is 4. The monoisotopic (exact) mass is 413 g/mol. The molecule has 3 aromatic rings. The Morgan fingerprint density at radius 2 is 1.74 bits per heavy atom. The number of aliphatic imine (C=N–C) groups is 1. The zero-order valence-corrected chi connectivity index (χ0v) is 17.7. The lowest BCUT2D eigenvalue weighted by Gasteiger charge is -2.12. The summed E-state index contributed by atoms with van der Waals surface area (Å²) in [5.41, 5.74) is 6.58. The highest BCUT2D eigenvalue weighted by Crippen LogP contribution is 2.28. The van der Waals surface area contributed by atoms with Crippen LogP contribution in [0.3, 0.4) is 0 Å². The van der Waals surface area contributed by atoms with Crippen molar-refractivity contribution in [1.82, 2.24) is 25.6 Å². The summed E-state index contributed by atoms with van der Waals surface area (Å²) in [5, 5.41) is 10.3. The summed E-state index contributed by atoms with van der Waals surface area (Å²) in [4.78, 5) is 18.4. The van der Waals surface area contributed by atoms with Crippen molar-refractivity contribution in [2.45, 2.75) is 32.9 Å². The van der Waals surface area contributed by atoms with E-state index in [-0.39, 0.29) is 0 Å². The van der Waals surface area contributed by atoms with Crippen LogP contribution in [-0.4, -0.2) is 33.8 Å². The average Bonchev–Trinajstić information content (AvgIpc) is 3.18. The van der Waals surface area contributed by atoms with Crippen molar-refractivity contribution in [3.05, 3.63) is 60.0 Å². The van der Waals surface area contributed by atoms with Crippen LogP contribution in [0.4, 0.5) is 17.5 Å². The number of nitrogens with zero attached hydrogens (tertiary/aromatic N) is 4. The molecule has 5 rings (SSSR count). The Balaban J connectivity index is 1.40. The number of aromatic nitrogens is 3. The third-order valence-electron chi connectivity index (χ3n) is 5.84. The first-order valence-corrected chi connectivity index (χ1v) is 10.9. The lowest BCUT2D eigenvalue weighted by atomic mass is 10.1. The maximum absolute atomic E-state index is 4.80. The molecular formula is C24H27N7. The molecule has 158 valence electrons. The molecule has 2 aromatic heterocycles. The highest BCUT2D eigenvalue weighted by Gasteiger charge is 2.20. The Hall–Kier alpha value is -3.16. The zero-order valence-electron chi connectivity index (χ0n) is 17.7. The van der Waals surface area contributed by atoms with E-state index in [1.54, 1.807) is 0 Å². The first-order valence-electron chi connectivity index (χ1n) is 10.9. The number of hydrogen-bond acceptors (Lipinski definition) is 7. The Morgan fingerprint density at radius 3 is 2.58 bits per heavy atom. The highest BCUT2D eigenvalue weighted by molar-refractivity contribution is 5.88. The van der Waals surface area contributed by atoms with Gasteiger partial charge in [0.2, 0.25) is 0 Å². The van der Waals surface area contributed by atoms with E-state index in [2.05, 4.69) is 52.1 Å². The van der Waals surface area contributed by atoms with Gasteiger partial charge in [-0.2, -0.15) is 4.98 Å². The van der Waals surface area contributed by atoms with Crippen molar-refractivity contribution in [2.75, 3.05) is 18.4 Å². The number of pyridine rings is 1. The van der Waals surface area contributed by atoms with Crippen LogP contribution in [0.15, 0.2) is 53.8 Å². The summed E-state index contributed by atoms with van der Waals surface area (Å²) in [6.45, 7) is 5.64. The molecule has 2 aliphatic rings. The summed E-state index contributed by atoms with van der Waals surface area (Å²) < 4.78 is 0. The first-order chi connectivity index (χ1) is 15.2. The fourth-order valence-electron chi connectivity index (χ4n) is 4.04. The fourth-order valence-corrected chi connectivity index (χ4v) is 4.04. The largest absolute Gasteiger partial charge is 0.340 e. The number of benzene rings is 1. The van der Waals surface area contributed by atoms with Crippen LogP contribution in [0.2, 0.25) is 0 Å². The van der Waals surface area contributed by atoms with Crippen LogP contribution in [0.5, 0.6) is 0 Å². The second-order valence-electron chi connectivity index (χ2n) is 8.29. The van der Waals surface area contributed by atoms with Crippen LogP contribution in [0.25, 0.3) is 11.1 Å². The van der Waals surface area contributed by atoms with Gasteiger partial charge in [-0.3, -0.25) is 4.98 Å². The molecule has 7 nitrogen and oxygen atoms in total. The van der Waals surface area contributed by atoms with Crippen LogP contribution < -0.4 is 16.0 Å². The zero-order chi connectivity index (χ0) is 21.0. The van der Waals surface area contributed by atoms with Gasteiger partial charge < -0.3 is 16.0 Å². The molecule has 1 atom stereocenters. The molecule has 1 aromatic carbocycles. The van der Waals surface area contributed by atoms with E-state index < -0.39 is 0 Å². The smallest absolute Gasteiger partial charge is 0.251 e. The SMILES string of the molecule is CC1CCC(=Nc2nc3c(c(Nc4ccc(-c5ccncc5)cc4)n2)CNC3)CNC1. The summed E-state index contributed by atoms with van der Waals surface area (Å²) in [6.07, 6.45) is 5.76. The molecule has 1 unspecified atom stereocenters. The van der Waals surface area contributed by atoms with E-state index in [0.717, 1.165) is 78.6 Å². The molecule has 1 fully saturated rings. The fraction of sp³-hybridized carbons (Fsp3) is 0.333. The molecule has 31 heavy (non-hydrogen) atoms. The Morgan fingerprint density at radius 1 is 0.935 bits per heavy atom. The van der Waals surface area contributed by atoms with Crippen molar-refractivity contribution < 1.29 is 0 Å². The van der Waals surface area contributed by atoms with Crippen molar-refractivity contribution in [3.63, 3.8) is 0 Å². The summed E-state index contributed by atoms with van der Waals surface area (Å²) in [5.74, 6) is 2.05. The molecule has 0 bridgehead atoms. The lowest BCUT2D eigenvalue weighted by Crippen LogP contribution is -2.22. The van der Waals surface area contributed by atoms with Gasteiger partial charge in [0.05, 0.1) is 5.69 Å². The highest BCUT2D eigenvalue weighted by atomic mass is 15.1. The van der Waals surface area contributed by atoms with Gasteiger partial charge in [0.15, 0.2) is 0 Å². The van der Waals surface area contributed by atoms with Gasteiger partial charge in [-0.05, 0) is 60.7 Å². The quantitative estimate of drug-likeness (QED) is 0.600. The van der Waals surface area contributed by atoms with Crippen LogP contribution in [0, 0.1) is 5.92 Å². The van der Waals surface area contributed by atoms with Gasteiger partial charge in [0, 0.05) is 49.0 Å². The predicted molar refractivity (Wildman–Crippen MR) is 124 cm³/mol. The molecule has 3 N–H and O–H groups in total. The van der Waals surface area contributed by atoms with E-state index in [0.29, 0.717) is 11.9 Å². The van der Waals surface area contributed by atoms with Gasteiger partial charge in [0.1, 0.15) is 5.82 Å². The van der Waals surface area contributed by atoms with E-state index in [9.17, 15) is 0 Å². The topological polar surface area (TPSA) is 87.1 Å². The van der Waals surface area contributed by atoms with Gasteiger partial charge in [-0.25, -0.2) is 9.98 Å². The Kier molecular flexibility index (Phi) is 5.69. The molecule has 2 aliphatic heterocycles. The normalized spacial score (nSPS) is 19.8. The van der Waals surface area contributed by atoms with Crippen molar-refractivity contribution in [1.29, 1.82) is 0 Å². The van der Waals surface area contributed by atoms with Gasteiger partial charge >= 0.3 is 0 Å². The maximum atomic E-state index is 4.80. The van der Waals surface area contributed by atoms with Crippen molar-refractivity contribution in [2.24, 2.45) is 10.9 Å². The first kappa shape index (κ1) is 19.8. The van der Waals surface area contributed by atoms with Crippen molar-refractivity contribution >= 4 is 23.2 Å². The van der Waals surface area contributed by atoms with Crippen LogP contribution in [-0.2, 0) is 13.1 Å². The van der Waals surface area contributed by atoms with Crippen molar-refractivity contribution in [3.8, 4) is 11.1 Å². The molecule has 0 spiro atoms. The minimum atomic E-state index is 0.546. The van der Waals surface area contributed by atoms with Gasteiger partial charge in [0.25, 0.3) is 5.95 Å². The molecule has 7 heteroatoms. The van der Waals surface area contributed by atoms with E-state index in [1.165, 1.54) is 0 Å². The number of anilines is 2. The second kappa shape index (κ2) is 8.91. The molecule has 0 amide bonds. The Labute approximate surface area is 182 Å². The van der Waals surface area contributed by atoms with Crippen LogP contribution in [0.1, 0.15) is 31.0 Å². The average molecular weight is 414 g/mol. The number of nitrogens with one attached hydrogen (secondary N) is 3. The molecule has 1 saturated heterocycles. The lowest BCUT2D eigenvalue weighted by molar-refractivity contribution is 0.527. The predicted octanol–water partition coefficient (Wildman–Crippen LogP) is 3.98. The van der Waals surface area contributed by atoms with Gasteiger partial charge in [-0.1, -0.05) is 19.1 Å². The minimum Gasteiger partial charge on any atom is -0.340 e. The maximum Gasteiger partial charge on any atom is 0.251 e. The van der Waals surface area contributed by atoms with E-state index >= 15 is 0 Å². The Bertz CT molecular complexity index is 1080. The molecule has 0 radical (unpaired) electrons.